The van der Waals surface area contributed by atoms with Crippen LogP contribution in [0.15, 0.2) is 34.3 Å². The summed E-state index contributed by atoms with van der Waals surface area (Å²) in [6.45, 7) is 11.4. The number of nitrogens with one attached hydrogen (secondary N) is 8. The molecule has 0 saturated carbocycles. The first-order chi connectivity index (χ1) is 37.8. The van der Waals surface area contributed by atoms with Gasteiger partial charge in [0, 0.05) is 32.4 Å². The van der Waals surface area contributed by atoms with E-state index in [-0.39, 0.29) is 87.5 Å². The average Bonchev–Trinajstić information content (AvgIpc) is 3.37. The predicted molar refractivity (Wildman–Crippen MR) is 299 cm³/mol. The minimum absolute atomic E-state index is 0.0132. The van der Waals surface area contributed by atoms with Gasteiger partial charge in [-0.2, -0.15) is 0 Å². The molecular formula is C51H87N17O13. The van der Waals surface area contributed by atoms with Crippen LogP contribution in [0.5, 0.6) is 5.75 Å². The van der Waals surface area contributed by atoms with Crippen LogP contribution in [0.1, 0.15) is 118 Å². The molecule has 1 rings (SSSR count). The highest BCUT2D eigenvalue weighted by atomic mass is 16.3. The van der Waals surface area contributed by atoms with Gasteiger partial charge in [0.15, 0.2) is 11.9 Å². The minimum Gasteiger partial charge on any atom is -0.508 e. The molecule has 11 amide bonds. The third-order valence-corrected chi connectivity index (χ3v) is 12.4. The van der Waals surface area contributed by atoms with E-state index < -0.39 is 151 Å². The van der Waals surface area contributed by atoms with Crippen LogP contribution < -0.4 is 82.7 Å². The van der Waals surface area contributed by atoms with Gasteiger partial charge in [0.2, 0.25) is 65.0 Å². The largest absolute Gasteiger partial charge is 0.508 e. The molecule has 0 aliphatic rings. The molecule has 0 aliphatic carbocycles. The Morgan fingerprint density at radius 2 is 0.790 bits per heavy atom. The van der Waals surface area contributed by atoms with Gasteiger partial charge in [0.05, 0.1) is 12.0 Å². The molecule has 30 heteroatoms. The van der Waals surface area contributed by atoms with Crippen molar-refractivity contribution in [1.29, 1.82) is 0 Å². The highest BCUT2D eigenvalue weighted by Gasteiger charge is 2.35. The second-order valence-electron chi connectivity index (χ2n) is 20.6. The van der Waals surface area contributed by atoms with Crippen molar-refractivity contribution in [3.63, 3.8) is 0 Å². The van der Waals surface area contributed by atoms with Gasteiger partial charge in [-0.25, -0.2) is 0 Å². The Balaban J connectivity index is 3.70. The van der Waals surface area contributed by atoms with Gasteiger partial charge in [-0.15, -0.1) is 0 Å². The fourth-order valence-corrected chi connectivity index (χ4v) is 7.71. The number of nitrogens with zero attached hydrogens (tertiary/aromatic N) is 2. The van der Waals surface area contributed by atoms with E-state index in [4.69, 9.17) is 40.1 Å². The van der Waals surface area contributed by atoms with Gasteiger partial charge in [-0.3, -0.25) is 62.7 Å². The van der Waals surface area contributed by atoms with Crippen molar-refractivity contribution in [3.05, 3.63) is 29.8 Å². The quantitative estimate of drug-likeness (QED) is 0.0168. The third kappa shape index (κ3) is 28.9. The maximum atomic E-state index is 14.5. The normalized spacial score (nSPS) is 14.7. The first-order valence-electron chi connectivity index (χ1n) is 26.7. The van der Waals surface area contributed by atoms with Crippen LogP contribution in [0.2, 0.25) is 0 Å². The Morgan fingerprint density at radius 1 is 0.444 bits per heavy atom. The molecule has 0 spiro atoms. The zero-order valence-electron chi connectivity index (χ0n) is 47.3. The summed E-state index contributed by atoms with van der Waals surface area (Å²) in [5.74, 6) is -11.5. The van der Waals surface area contributed by atoms with E-state index >= 15 is 0 Å². The number of carbonyl (C=O) groups is 11. The van der Waals surface area contributed by atoms with Crippen molar-refractivity contribution in [3.8, 4) is 5.75 Å². The molecule has 30 nitrogen and oxygen atoms in total. The number of rotatable bonds is 38. The average molecular weight is 1150 g/mol. The summed E-state index contributed by atoms with van der Waals surface area (Å²) < 4.78 is 0. The van der Waals surface area contributed by atoms with Crippen LogP contribution in [0.25, 0.3) is 0 Å². The molecule has 0 heterocycles. The molecule has 10 atom stereocenters. The van der Waals surface area contributed by atoms with Crippen LogP contribution in [-0.4, -0.2) is 155 Å². The highest BCUT2D eigenvalue weighted by molar-refractivity contribution is 5.98. The maximum absolute atomic E-state index is 14.5. The summed E-state index contributed by atoms with van der Waals surface area (Å²) in [6.07, 6.45) is -2.94. The summed E-state index contributed by atoms with van der Waals surface area (Å²) in [7, 11) is 0. The number of aliphatic imine (C=N–C) groups is 2. The SMILES string of the molecule is CC(C)C[C@H](NC(=O)[C@H](CC(C)C)NC(=O)[C@H](C)NC(=O)[C@H](CCCN=C(N)N)NC(=O)[C@H](Cc1ccc(O)cc1)NC(=O)[C@H](CCC(N)=O)NC(=O)[C@H](CCC(N)=O)NC(=O)[C@H](CCCN=C(N)N)NC(=O)[C@@H](C)[C@@H](C)O)C(N)=O. The standard InChI is InChI=1S/C51H87N17O13/c1-25(2)22-36(41(54)73)66-48(80)37(23-26(3)4)67-43(75)28(6)61-44(76)32(10-8-20-59-50(55)56)63-49(81)38(24-30-12-14-31(70)15-13-30)68-47(79)35(17-19-40(53)72)65-46(78)34(16-18-39(52)71)64-45(77)33(11-9-21-60-51(57)58)62-42(74)27(5)29(7)69/h12-15,25-29,32-38,69-70H,8-11,16-24H2,1-7H3,(H2,52,71)(H2,53,72)(H2,54,73)(H,61,76)(H,62,74)(H,63,81)(H,64,77)(H,65,78)(H,66,80)(H,67,75)(H,68,79)(H4,55,56,59)(H4,57,58,60)/t27-,28-,29+,32-,33-,34-,35-,36-,37-,38-/m0/s1. The van der Waals surface area contributed by atoms with Crippen molar-refractivity contribution < 1.29 is 63.0 Å². The summed E-state index contributed by atoms with van der Waals surface area (Å²) in [6, 6.07) is -5.74. The molecule has 24 N–H and O–H groups in total. The van der Waals surface area contributed by atoms with Crippen molar-refractivity contribution in [1.82, 2.24) is 42.5 Å². The lowest BCUT2D eigenvalue weighted by molar-refractivity contribution is -0.136. The van der Waals surface area contributed by atoms with Crippen molar-refractivity contribution in [2.24, 2.45) is 67.9 Å². The van der Waals surface area contributed by atoms with E-state index in [1.165, 1.54) is 45.0 Å². The Hall–Kier alpha value is -8.31. The van der Waals surface area contributed by atoms with Gasteiger partial charge in [-0.05, 0) is 94.7 Å². The smallest absolute Gasteiger partial charge is 0.243 e. The number of benzene rings is 1. The maximum Gasteiger partial charge on any atom is 0.243 e. The summed E-state index contributed by atoms with van der Waals surface area (Å²) in [5, 5.41) is 40.4. The lowest BCUT2D eigenvalue weighted by atomic mass is 10.00. The van der Waals surface area contributed by atoms with Gasteiger partial charge in [0.25, 0.3) is 0 Å². The zero-order valence-corrected chi connectivity index (χ0v) is 47.3. The molecule has 81 heavy (non-hydrogen) atoms. The van der Waals surface area contributed by atoms with E-state index in [2.05, 4.69) is 52.5 Å². The monoisotopic (exact) mass is 1150 g/mol. The van der Waals surface area contributed by atoms with Crippen LogP contribution in [0, 0.1) is 17.8 Å². The summed E-state index contributed by atoms with van der Waals surface area (Å²) in [4.78, 5) is 155. The lowest BCUT2D eigenvalue weighted by Gasteiger charge is -2.28. The minimum atomic E-state index is -1.69. The number of nitrogens with two attached hydrogens (primary N) is 7. The molecule has 1 aromatic rings. The number of phenols is 1. The first-order valence-corrected chi connectivity index (χ1v) is 26.7. The van der Waals surface area contributed by atoms with Gasteiger partial charge in [0.1, 0.15) is 54.1 Å². The molecule has 0 radical (unpaired) electrons. The topological polar surface area (TPSA) is 531 Å². The Bertz CT molecular complexity index is 2360. The zero-order chi connectivity index (χ0) is 61.7. The van der Waals surface area contributed by atoms with Crippen LogP contribution in [-0.2, 0) is 59.2 Å². The third-order valence-electron chi connectivity index (χ3n) is 12.4. The van der Waals surface area contributed by atoms with E-state index in [0.29, 0.717) is 5.56 Å². The number of carbonyl (C=O) groups excluding carboxylic acids is 11. The Kier molecular flexibility index (Phi) is 31.5. The number of aliphatic hydroxyl groups excluding tert-OH is 1. The number of guanidine groups is 2. The van der Waals surface area contributed by atoms with E-state index in [1.54, 1.807) is 13.8 Å². The van der Waals surface area contributed by atoms with Gasteiger partial charge < -0.3 is 92.9 Å². The van der Waals surface area contributed by atoms with Crippen molar-refractivity contribution in [2.45, 2.75) is 174 Å². The molecule has 0 bridgehead atoms. The van der Waals surface area contributed by atoms with Crippen molar-refractivity contribution in [2.75, 3.05) is 13.1 Å². The number of aliphatic hydroxyl groups is 1. The fourth-order valence-electron chi connectivity index (χ4n) is 7.71. The second kappa shape index (κ2) is 36.0. The van der Waals surface area contributed by atoms with Crippen LogP contribution in [0.3, 0.4) is 0 Å². The molecule has 0 saturated heterocycles. The molecule has 454 valence electrons. The number of amides is 11. The van der Waals surface area contributed by atoms with E-state index in [0.717, 1.165) is 0 Å². The van der Waals surface area contributed by atoms with E-state index in [9.17, 15) is 63.0 Å². The number of hydrogen-bond donors (Lipinski definition) is 17. The summed E-state index contributed by atoms with van der Waals surface area (Å²) in [5.41, 5.74) is 38.6. The highest BCUT2D eigenvalue weighted by Crippen LogP contribution is 2.15. The summed E-state index contributed by atoms with van der Waals surface area (Å²) >= 11 is 0. The predicted octanol–water partition coefficient (Wildman–Crippen LogP) is -4.93. The molecule has 0 aliphatic heterocycles. The van der Waals surface area contributed by atoms with Crippen LogP contribution in [0.4, 0.5) is 0 Å². The molecule has 0 fully saturated rings. The Labute approximate surface area is 471 Å². The number of phenolic OH excluding ortho intramolecular Hbond substituents is 1. The van der Waals surface area contributed by atoms with Gasteiger partial charge in [-0.1, -0.05) is 46.8 Å². The molecule has 1 aromatic carbocycles. The molecule has 0 aromatic heterocycles. The van der Waals surface area contributed by atoms with Crippen molar-refractivity contribution >= 4 is 76.9 Å². The van der Waals surface area contributed by atoms with E-state index in [1.807, 2.05) is 13.8 Å². The first kappa shape index (κ1) is 70.7. The molecular weight excluding hydrogens is 1060 g/mol. The van der Waals surface area contributed by atoms with Gasteiger partial charge >= 0.3 is 0 Å². The lowest BCUT2D eigenvalue weighted by Crippen LogP contribution is -2.60. The number of aromatic hydroxyl groups is 1. The molecule has 0 unspecified atom stereocenters. The Morgan fingerprint density at radius 3 is 1.19 bits per heavy atom. The van der Waals surface area contributed by atoms with Crippen LogP contribution >= 0.6 is 0 Å². The number of primary amides is 3. The number of hydrogen-bond acceptors (Lipinski definition) is 15. The fraction of sp³-hybridized carbons (Fsp3) is 0.627. The second-order valence-corrected chi connectivity index (χ2v) is 20.6.